The second-order valence-electron chi connectivity index (χ2n) is 2.44. The van der Waals surface area contributed by atoms with E-state index >= 15 is 0 Å². The Morgan fingerprint density at radius 2 is 2.40 bits per heavy atom. The third kappa shape index (κ3) is 1.68. The van der Waals surface area contributed by atoms with Gasteiger partial charge in [-0.25, -0.2) is 4.79 Å². The topological polar surface area (TPSA) is 64.3 Å². The van der Waals surface area contributed by atoms with Gasteiger partial charge in [-0.15, -0.1) is 0 Å². The lowest BCUT2D eigenvalue weighted by Gasteiger charge is -2.19. The highest BCUT2D eigenvalue weighted by molar-refractivity contribution is 5.75. The normalized spacial score (nSPS) is 25.9. The van der Waals surface area contributed by atoms with Gasteiger partial charge in [0, 0.05) is 0 Å². The molecule has 1 saturated heterocycles. The molecule has 0 saturated carbocycles. The number of nitrogens with one attached hydrogen (secondary N) is 1. The van der Waals surface area contributed by atoms with E-state index in [4.69, 9.17) is 5.90 Å². The molecule has 0 radical (unpaired) electrons. The molecule has 0 aromatic heterocycles. The zero-order chi connectivity index (χ0) is 7.40. The van der Waals surface area contributed by atoms with Gasteiger partial charge in [0.2, 0.25) is 0 Å². The van der Waals surface area contributed by atoms with E-state index in [2.05, 4.69) is 10.2 Å². The molecular formula is C6H12N2O2. The SMILES string of the molecule is NOC(=O)C1CCCCN1. The van der Waals surface area contributed by atoms with Gasteiger partial charge >= 0.3 is 5.97 Å². The fourth-order valence-corrected chi connectivity index (χ4v) is 1.14. The first-order chi connectivity index (χ1) is 4.84. The summed E-state index contributed by atoms with van der Waals surface area (Å²) < 4.78 is 0. The van der Waals surface area contributed by atoms with Gasteiger partial charge in [-0.2, -0.15) is 5.90 Å². The van der Waals surface area contributed by atoms with E-state index < -0.39 is 0 Å². The summed E-state index contributed by atoms with van der Waals surface area (Å²) in [6.07, 6.45) is 3.05. The molecule has 10 heavy (non-hydrogen) atoms. The van der Waals surface area contributed by atoms with Gasteiger partial charge in [0.15, 0.2) is 0 Å². The van der Waals surface area contributed by atoms with Crippen LogP contribution in [0.2, 0.25) is 0 Å². The Morgan fingerprint density at radius 3 is 2.90 bits per heavy atom. The summed E-state index contributed by atoms with van der Waals surface area (Å²) in [5, 5.41) is 3.02. The Kier molecular flexibility index (Phi) is 2.65. The Bertz CT molecular complexity index is 121. The molecule has 4 heteroatoms. The van der Waals surface area contributed by atoms with Crippen molar-refractivity contribution in [1.29, 1.82) is 0 Å². The highest BCUT2D eigenvalue weighted by Crippen LogP contribution is 2.06. The van der Waals surface area contributed by atoms with Crippen molar-refractivity contribution in [3.63, 3.8) is 0 Å². The van der Waals surface area contributed by atoms with Crippen LogP contribution in [-0.2, 0) is 9.63 Å². The molecule has 3 N–H and O–H groups in total. The molecule has 1 heterocycles. The summed E-state index contributed by atoms with van der Waals surface area (Å²) in [6.45, 7) is 0.889. The molecule has 1 atom stereocenters. The maximum Gasteiger partial charge on any atom is 0.341 e. The first-order valence-corrected chi connectivity index (χ1v) is 3.48. The Morgan fingerprint density at radius 1 is 1.60 bits per heavy atom. The maximum atomic E-state index is 10.8. The molecular weight excluding hydrogens is 132 g/mol. The molecule has 1 fully saturated rings. The van der Waals surface area contributed by atoms with Crippen LogP contribution in [0.25, 0.3) is 0 Å². The van der Waals surface area contributed by atoms with Crippen molar-refractivity contribution in [2.75, 3.05) is 6.54 Å². The van der Waals surface area contributed by atoms with Crippen LogP contribution in [0.5, 0.6) is 0 Å². The van der Waals surface area contributed by atoms with E-state index in [-0.39, 0.29) is 12.0 Å². The van der Waals surface area contributed by atoms with Crippen molar-refractivity contribution >= 4 is 5.97 Å². The van der Waals surface area contributed by atoms with Gasteiger partial charge in [0.05, 0.1) is 0 Å². The van der Waals surface area contributed by atoms with Crippen LogP contribution in [0.1, 0.15) is 19.3 Å². The summed E-state index contributed by atoms with van der Waals surface area (Å²) in [4.78, 5) is 14.8. The van der Waals surface area contributed by atoms with Gasteiger partial charge in [0.25, 0.3) is 0 Å². The number of nitrogens with two attached hydrogens (primary N) is 1. The summed E-state index contributed by atoms with van der Waals surface area (Å²) >= 11 is 0. The van der Waals surface area contributed by atoms with Crippen LogP contribution in [0.3, 0.4) is 0 Å². The molecule has 4 nitrogen and oxygen atoms in total. The zero-order valence-electron chi connectivity index (χ0n) is 5.80. The lowest BCUT2D eigenvalue weighted by Crippen LogP contribution is -2.42. The highest BCUT2D eigenvalue weighted by atomic mass is 16.7. The Hall–Kier alpha value is -0.610. The van der Waals surface area contributed by atoms with Crippen molar-refractivity contribution in [2.45, 2.75) is 25.3 Å². The predicted molar refractivity (Wildman–Crippen MR) is 35.9 cm³/mol. The molecule has 0 amide bonds. The van der Waals surface area contributed by atoms with Crippen molar-refractivity contribution in [3.8, 4) is 0 Å². The van der Waals surface area contributed by atoms with Crippen molar-refractivity contribution in [3.05, 3.63) is 0 Å². The molecule has 0 aromatic rings. The first-order valence-electron chi connectivity index (χ1n) is 3.48. The lowest BCUT2D eigenvalue weighted by molar-refractivity contribution is -0.147. The lowest BCUT2D eigenvalue weighted by atomic mass is 10.1. The monoisotopic (exact) mass is 144 g/mol. The smallest absolute Gasteiger partial charge is 0.341 e. The molecule has 1 aliphatic rings. The third-order valence-corrected chi connectivity index (χ3v) is 1.71. The fourth-order valence-electron chi connectivity index (χ4n) is 1.14. The van der Waals surface area contributed by atoms with E-state index in [9.17, 15) is 4.79 Å². The quantitative estimate of drug-likeness (QED) is 0.489. The maximum absolute atomic E-state index is 10.8. The molecule has 58 valence electrons. The average Bonchev–Trinajstić information content (AvgIpc) is 2.05. The van der Waals surface area contributed by atoms with Crippen molar-refractivity contribution < 1.29 is 9.63 Å². The van der Waals surface area contributed by atoms with Gasteiger partial charge in [0.1, 0.15) is 6.04 Å². The minimum absolute atomic E-state index is 0.168. The Balaban J connectivity index is 2.31. The summed E-state index contributed by atoms with van der Waals surface area (Å²) in [6, 6.07) is -0.168. The van der Waals surface area contributed by atoms with Gasteiger partial charge in [-0.3, -0.25) is 0 Å². The van der Waals surface area contributed by atoms with E-state index in [0.717, 1.165) is 25.8 Å². The number of piperidine rings is 1. The summed E-state index contributed by atoms with van der Waals surface area (Å²) in [5.41, 5.74) is 0. The molecule has 0 bridgehead atoms. The number of hydrogen-bond acceptors (Lipinski definition) is 4. The largest absolute Gasteiger partial charge is 0.372 e. The van der Waals surface area contributed by atoms with Crippen LogP contribution in [-0.4, -0.2) is 18.6 Å². The van der Waals surface area contributed by atoms with Gasteiger partial charge in [-0.1, -0.05) is 6.42 Å². The van der Waals surface area contributed by atoms with Crippen LogP contribution in [0.15, 0.2) is 0 Å². The molecule has 1 unspecified atom stereocenters. The standard InChI is InChI=1S/C6H12N2O2/c7-10-6(9)5-3-1-2-4-8-5/h5,8H,1-4,7H2. The van der Waals surface area contributed by atoms with Crippen LogP contribution in [0.4, 0.5) is 0 Å². The summed E-state index contributed by atoms with van der Waals surface area (Å²) in [5.74, 6) is 4.37. The molecule has 0 aromatic carbocycles. The molecule has 0 spiro atoms. The van der Waals surface area contributed by atoms with E-state index in [1.165, 1.54) is 0 Å². The first kappa shape index (κ1) is 7.50. The highest BCUT2D eigenvalue weighted by Gasteiger charge is 2.20. The minimum Gasteiger partial charge on any atom is -0.372 e. The second kappa shape index (κ2) is 3.53. The predicted octanol–water partition coefficient (Wildman–Crippen LogP) is -0.455. The molecule has 1 aliphatic heterocycles. The zero-order valence-corrected chi connectivity index (χ0v) is 5.80. The van der Waals surface area contributed by atoms with Crippen LogP contribution < -0.4 is 11.2 Å². The van der Waals surface area contributed by atoms with Crippen molar-refractivity contribution in [1.82, 2.24) is 5.32 Å². The van der Waals surface area contributed by atoms with Crippen LogP contribution >= 0.6 is 0 Å². The fraction of sp³-hybridized carbons (Fsp3) is 0.833. The van der Waals surface area contributed by atoms with E-state index in [1.54, 1.807) is 0 Å². The van der Waals surface area contributed by atoms with Crippen LogP contribution in [0, 0.1) is 0 Å². The molecule has 1 rings (SSSR count). The minimum atomic E-state index is -0.347. The van der Waals surface area contributed by atoms with E-state index in [0.29, 0.717) is 0 Å². The number of carbonyl (C=O) groups excluding carboxylic acids is 1. The van der Waals surface area contributed by atoms with Crippen molar-refractivity contribution in [2.24, 2.45) is 5.90 Å². The van der Waals surface area contributed by atoms with E-state index in [1.807, 2.05) is 0 Å². The number of hydrogen-bond donors (Lipinski definition) is 2. The van der Waals surface area contributed by atoms with Gasteiger partial charge < -0.3 is 10.2 Å². The second-order valence-corrected chi connectivity index (χ2v) is 2.44. The Labute approximate surface area is 59.7 Å². The summed E-state index contributed by atoms with van der Waals surface area (Å²) in [7, 11) is 0. The van der Waals surface area contributed by atoms with Gasteiger partial charge in [-0.05, 0) is 19.4 Å². The average molecular weight is 144 g/mol. The third-order valence-electron chi connectivity index (χ3n) is 1.71. The number of rotatable bonds is 1. The molecule has 0 aliphatic carbocycles. The number of carbonyl (C=O) groups is 1.